The molecule has 3 rings (SSSR count). The molecule has 124 valence electrons. The summed E-state index contributed by atoms with van der Waals surface area (Å²) in [6, 6.07) is 11.3. The van der Waals surface area contributed by atoms with Crippen LogP contribution in [0.3, 0.4) is 0 Å². The van der Waals surface area contributed by atoms with Crippen molar-refractivity contribution >= 4 is 5.91 Å². The molecular formula is C18H21N5O. The van der Waals surface area contributed by atoms with Gasteiger partial charge in [-0.25, -0.2) is 0 Å². The van der Waals surface area contributed by atoms with E-state index in [1.165, 1.54) is 0 Å². The molecule has 0 saturated carbocycles. The van der Waals surface area contributed by atoms with Crippen LogP contribution in [0.1, 0.15) is 41.5 Å². The maximum Gasteiger partial charge on any atom is 0.251 e. The molecule has 1 atom stereocenters. The summed E-state index contributed by atoms with van der Waals surface area (Å²) in [4.78, 5) is 12.5. The lowest BCUT2D eigenvalue weighted by molar-refractivity contribution is 0.0939. The van der Waals surface area contributed by atoms with Crippen molar-refractivity contribution in [3.8, 4) is 0 Å². The number of hydrogen-bond acceptors (Lipinski definition) is 3. The first kappa shape index (κ1) is 16.0. The minimum absolute atomic E-state index is 0.101. The van der Waals surface area contributed by atoms with E-state index in [1.54, 1.807) is 6.20 Å². The molecule has 0 radical (unpaired) electrons. The number of nitrogens with zero attached hydrogens (tertiary/aromatic N) is 4. The van der Waals surface area contributed by atoms with Crippen LogP contribution in [0.4, 0.5) is 0 Å². The summed E-state index contributed by atoms with van der Waals surface area (Å²) in [6.45, 7) is 5.43. The van der Waals surface area contributed by atoms with Crippen molar-refractivity contribution in [3.05, 3.63) is 71.8 Å². The van der Waals surface area contributed by atoms with E-state index in [2.05, 4.69) is 15.5 Å². The zero-order valence-electron chi connectivity index (χ0n) is 13.9. The standard InChI is InChI=1S/C18H21N5O/c1-3-22-11-8-17(21-22)14(2)20-18(24)16-7-4-6-15(12-16)13-23-10-5-9-19-23/h4-12,14H,3,13H2,1-2H3,(H,20,24). The first-order valence-electron chi connectivity index (χ1n) is 8.06. The maximum absolute atomic E-state index is 12.5. The van der Waals surface area contributed by atoms with E-state index in [4.69, 9.17) is 0 Å². The Morgan fingerprint density at radius 2 is 2.08 bits per heavy atom. The van der Waals surface area contributed by atoms with Crippen molar-refractivity contribution in [3.63, 3.8) is 0 Å². The molecular weight excluding hydrogens is 302 g/mol. The Bertz CT molecular complexity index is 806. The van der Waals surface area contributed by atoms with Crippen molar-refractivity contribution in [2.75, 3.05) is 0 Å². The molecule has 1 unspecified atom stereocenters. The normalized spacial score (nSPS) is 12.1. The Morgan fingerprint density at radius 1 is 1.21 bits per heavy atom. The van der Waals surface area contributed by atoms with Gasteiger partial charge in [-0.3, -0.25) is 14.2 Å². The number of aromatic nitrogens is 4. The molecule has 2 aromatic heterocycles. The first-order chi connectivity index (χ1) is 11.7. The van der Waals surface area contributed by atoms with Gasteiger partial charge in [-0.15, -0.1) is 0 Å². The SMILES string of the molecule is CCn1ccc(C(C)NC(=O)c2cccc(Cn3cccn3)c2)n1. The van der Waals surface area contributed by atoms with E-state index < -0.39 is 0 Å². The van der Waals surface area contributed by atoms with Gasteiger partial charge in [0.25, 0.3) is 5.91 Å². The number of benzene rings is 1. The largest absolute Gasteiger partial charge is 0.344 e. The highest BCUT2D eigenvalue weighted by Gasteiger charge is 2.14. The zero-order valence-corrected chi connectivity index (χ0v) is 13.9. The second-order valence-electron chi connectivity index (χ2n) is 5.70. The molecule has 1 amide bonds. The van der Waals surface area contributed by atoms with Crippen LogP contribution in [-0.4, -0.2) is 25.5 Å². The van der Waals surface area contributed by atoms with Gasteiger partial charge in [-0.2, -0.15) is 10.2 Å². The lowest BCUT2D eigenvalue weighted by Gasteiger charge is -2.12. The molecule has 1 aromatic carbocycles. The van der Waals surface area contributed by atoms with Crippen molar-refractivity contribution in [1.82, 2.24) is 24.9 Å². The van der Waals surface area contributed by atoms with Crippen molar-refractivity contribution in [1.29, 1.82) is 0 Å². The topological polar surface area (TPSA) is 64.7 Å². The Morgan fingerprint density at radius 3 is 2.79 bits per heavy atom. The maximum atomic E-state index is 12.5. The minimum Gasteiger partial charge on any atom is -0.344 e. The van der Waals surface area contributed by atoms with Crippen LogP contribution in [-0.2, 0) is 13.1 Å². The number of nitrogens with one attached hydrogen (secondary N) is 1. The lowest BCUT2D eigenvalue weighted by atomic mass is 10.1. The molecule has 0 fully saturated rings. The Balaban J connectivity index is 1.68. The van der Waals surface area contributed by atoms with Crippen LogP contribution >= 0.6 is 0 Å². The van der Waals surface area contributed by atoms with Crippen LogP contribution in [0.15, 0.2) is 55.0 Å². The van der Waals surface area contributed by atoms with Gasteiger partial charge < -0.3 is 5.32 Å². The summed E-state index contributed by atoms with van der Waals surface area (Å²) >= 11 is 0. The number of aryl methyl sites for hydroxylation is 1. The Labute approximate surface area is 141 Å². The second kappa shape index (κ2) is 7.12. The van der Waals surface area contributed by atoms with Crippen LogP contribution in [0, 0.1) is 0 Å². The van der Waals surface area contributed by atoms with Gasteiger partial charge in [0.1, 0.15) is 0 Å². The quantitative estimate of drug-likeness (QED) is 0.758. The van der Waals surface area contributed by atoms with Crippen molar-refractivity contribution in [2.45, 2.75) is 33.0 Å². The molecule has 0 spiro atoms. The highest BCUT2D eigenvalue weighted by molar-refractivity contribution is 5.94. The molecule has 0 bridgehead atoms. The predicted octanol–water partition coefficient (Wildman–Crippen LogP) is 2.64. The molecule has 0 aliphatic carbocycles. The van der Waals surface area contributed by atoms with Crippen molar-refractivity contribution < 1.29 is 4.79 Å². The number of rotatable bonds is 6. The van der Waals surface area contributed by atoms with Gasteiger partial charge in [-0.1, -0.05) is 12.1 Å². The van der Waals surface area contributed by atoms with Gasteiger partial charge in [0.15, 0.2) is 0 Å². The lowest BCUT2D eigenvalue weighted by Crippen LogP contribution is -2.27. The summed E-state index contributed by atoms with van der Waals surface area (Å²) in [5.74, 6) is -0.101. The van der Waals surface area contributed by atoms with Crippen molar-refractivity contribution in [2.24, 2.45) is 0 Å². The summed E-state index contributed by atoms with van der Waals surface area (Å²) in [5, 5.41) is 11.6. The monoisotopic (exact) mass is 323 g/mol. The summed E-state index contributed by atoms with van der Waals surface area (Å²) < 4.78 is 3.68. The van der Waals surface area contributed by atoms with Crippen LogP contribution in [0.25, 0.3) is 0 Å². The van der Waals surface area contributed by atoms with Gasteiger partial charge in [-0.05, 0) is 43.7 Å². The molecule has 0 aliphatic heterocycles. The smallest absolute Gasteiger partial charge is 0.251 e. The van der Waals surface area contributed by atoms with Gasteiger partial charge in [0.05, 0.1) is 18.3 Å². The van der Waals surface area contributed by atoms with Crippen LogP contribution in [0.5, 0.6) is 0 Å². The van der Waals surface area contributed by atoms with Gasteiger partial charge >= 0.3 is 0 Å². The zero-order chi connectivity index (χ0) is 16.9. The average molecular weight is 323 g/mol. The average Bonchev–Trinajstić information content (AvgIpc) is 3.26. The highest BCUT2D eigenvalue weighted by atomic mass is 16.1. The number of carbonyl (C=O) groups excluding carboxylic acids is 1. The fourth-order valence-electron chi connectivity index (χ4n) is 2.53. The summed E-state index contributed by atoms with van der Waals surface area (Å²) in [6.07, 6.45) is 5.56. The van der Waals surface area contributed by atoms with Gasteiger partial charge in [0, 0.05) is 30.7 Å². The van der Waals surface area contributed by atoms with E-state index in [-0.39, 0.29) is 11.9 Å². The predicted molar refractivity (Wildman–Crippen MR) is 91.6 cm³/mol. The van der Waals surface area contributed by atoms with E-state index in [9.17, 15) is 4.79 Å². The fourth-order valence-corrected chi connectivity index (χ4v) is 2.53. The fraction of sp³-hybridized carbons (Fsp3) is 0.278. The number of carbonyl (C=O) groups is 1. The third kappa shape index (κ3) is 3.71. The molecule has 6 heteroatoms. The molecule has 24 heavy (non-hydrogen) atoms. The van der Waals surface area contributed by atoms with E-state index in [1.807, 2.05) is 72.0 Å². The third-order valence-electron chi connectivity index (χ3n) is 3.87. The van der Waals surface area contributed by atoms with E-state index in [0.29, 0.717) is 12.1 Å². The number of hydrogen-bond donors (Lipinski definition) is 1. The molecule has 3 aromatic rings. The molecule has 2 heterocycles. The third-order valence-corrected chi connectivity index (χ3v) is 3.87. The number of amides is 1. The molecule has 6 nitrogen and oxygen atoms in total. The second-order valence-corrected chi connectivity index (χ2v) is 5.70. The molecule has 1 N–H and O–H groups in total. The van der Waals surface area contributed by atoms with E-state index in [0.717, 1.165) is 17.8 Å². The first-order valence-corrected chi connectivity index (χ1v) is 8.06. The Hall–Kier alpha value is -2.89. The molecule has 0 aliphatic rings. The Kier molecular flexibility index (Phi) is 4.74. The minimum atomic E-state index is -0.139. The van der Waals surface area contributed by atoms with Crippen LogP contribution in [0.2, 0.25) is 0 Å². The summed E-state index contributed by atoms with van der Waals surface area (Å²) in [5.41, 5.74) is 2.54. The van der Waals surface area contributed by atoms with E-state index >= 15 is 0 Å². The molecule has 0 saturated heterocycles. The van der Waals surface area contributed by atoms with Crippen LogP contribution < -0.4 is 5.32 Å². The summed E-state index contributed by atoms with van der Waals surface area (Å²) in [7, 11) is 0. The van der Waals surface area contributed by atoms with Gasteiger partial charge in [0.2, 0.25) is 0 Å². The highest BCUT2D eigenvalue weighted by Crippen LogP contribution is 2.12.